The number of ether oxygens (including phenoxy) is 3. The maximum atomic E-state index is 8.91. The molecule has 2 heterocycles. The molecule has 33 heavy (non-hydrogen) atoms. The number of nitrogens with zero attached hydrogens (tertiary/aromatic N) is 1. The van der Waals surface area contributed by atoms with Crippen LogP contribution in [-0.4, -0.2) is 44.9 Å². The number of aliphatic hydroxyl groups is 1. The van der Waals surface area contributed by atoms with E-state index in [4.69, 9.17) is 19.8 Å². The number of aliphatic hydroxyl groups excluding tert-OH is 1. The number of hydrogen-bond donors (Lipinski definition) is 1. The molecule has 2 aliphatic heterocycles. The highest BCUT2D eigenvalue weighted by atomic mass is 16.7. The second kappa shape index (κ2) is 21.8. The molecule has 8 unspecified atom stereocenters. The van der Waals surface area contributed by atoms with Crippen LogP contribution in [0.2, 0.25) is 0 Å². The molecule has 1 aliphatic carbocycles. The van der Waals surface area contributed by atoms with Gasteiger partial charge in [0.2, 0.25) is 0 Å². The lowest BCUT2D eigenvalue weighted by Crippen LogP contribution is -2.51. The predicted octanol–water partition coefficient (Wildman–Crippen LogP) is 7.22. The van der Waals surface area contributed by atoms with Crippen LogP contribution < -0.4 is 0 Å². The summed E-state index contributed by atoms with van der Waals surface area (Å²) in [5.41, 5.74) is 0. The first-order valence-corrected chi connectivity index (χ1v) is 13.6. The fraction of sp³-hybridized carbons (Fsp3) is 0.964. The normalized spacial score (nSPS) is 32.6. The van der Waals surface area contributed by atoms with Crippen LogP contribution in [0.1, 0.15) is 106 Å². The fourth-order valence-electron chi connectivity index (χ4n) is 5.45. The van der Waals surface area contributed by atoms with Crippen molar-refractivity contribution in [2.45, 2.75) is 125 Å². The molecule has 0 bridgehead atoms. The summed E-state index contributed by atoms with van der Waals surface area (Å²) in [6, 6.07) is 2.34. The Bertz CT molecular complexity index is 467. The van der Waals surface area contributed by atoms with Gasteiger partial charge in [0.1, 0.15) is 0 Å². The summed E-state index contributed by atoms with van der Waals surface area (Å²) < 4.78 is 17.1. The molecule has 0 amide bonds. The number of nitriles is 1. The van der Waals surface area contributed by atoms with Crippen molar-refractivity contribution in [2.24, 2.45) is 29.6 Å². The van der Waals surface area contributed by atoms with Gasteiger partial charge in [-0.25, -0.2) is 0 Å². The maximum Gasteiger partial charge on any atom is 0.161 e. The van der Waals surface area contributed by atoms with E-state index in [9.17, 15) is 0 Å². The predicted molar refractivity (Wildman–Crippen MR) is 139 cm³/mol. The first-order chi connectivity index (χ1) is 16.0. The largest absolute Gasteiger partial charge is 0.400 e. The van der Waals surface area contributed by atoms with Crippen molar-refractivity contribution in [3.63, 3.8) is 0 Å². The van der Waals surface area contributed by atoms with Gasteiger partial charge in [0.15, 0.2) is 6.29 Å². The number of methoxy groups -OCH3 is 1. The molecular formula is C28H57NO4. The van der Waals surface area contributed by atoms with Crippen LogP contribution >= 0.6 is 0 Å². The molecule has 0 aromatic heterocycles. The summed E-state index contributed by atoms with van der Waals surface area (Å²) in [7, 11) is 4.25. The Morgan fingerprint density at radius 2 is 1.58 bits per heavy atom. The molecule has 0 spiro atoms. The van der Waals surface area contributed by atoms with Gasteiger partial charge in [-0.1, -0.05) is 53.9 Å². The third kappa shape index (κ3) is 12.0. The highest BCUT2D eigenvalue weighted by Gasteiger charge is 2.49. The van der Waals surface area contributed by atoms with Crippen LogP contribution in [0.3, 0.4) is 0 Å². The summed E-state index contributed by atoms with van der Waals surface area (Å²) in [6.07, 6.45) is 11.8. The molecule has 5 heteroatoms. The second-order valence-corrected chi connectivity index (χ2v) is 9.08. The molecule has 3 fully saturated rings. The molecular weight excluding hydrogens is 414 g/mol. The third-order valence-electron chi connectivity index (χ3n) is 6.94. The van der Waals surface area contributed by atoms with Crippen molar-refractivity contribution in [2.75, 3.05) is 21.3 Å². The van der Waals surface area contributed by atoms with E-state index < -0.39 is 0 Å². The smallest absolute Gasteiger partial charge is 0.161 e. The molecule has 3 aliphatic rings. The molecule has 1 N–H and O–H groups in total. The van der Waals surface area contributed by atoms with Crippen LogP contribution in [0.5, 0.6) is 0 Å². The lowest BCUT2D eigenvalue weighted by molar-refractivity contribution is -0.274. The SMILES string of the molecule is CC.CC.CC(C#N)CCCCC1OC2OC(C)CCC3CCCC(C1C)C32.CO.COC. The third-order valence-corrected chi connectivity index (χ3v) is 6.94. The zero-order valence-electron chi connectivity index (χ0n) is 23.6. The first kappa shape index (κ1) is 34.5. The van der Waals surface area contributed by atoms with Gasteiger partial charge < -0.3 is 19.3 Å². The Balaban J connectivity index is 0. The first-order valence-electron chi connectivity index (χ1n) is 13.6. The van der Waals surface area contributed by atoms with Crippen molar-refractivity contribution in [1.82, 2.24) is 0 Å². The van der Waals surface area contributed by atoms with E-state index in [0.29, 0.717) is 24.0 Å². The molecule has 0 aromatic rings. The molecule has 8 atom stereocenters. The van der Waals surface area contributed by atoms with E-state index in [0.717, 1.165) is 38.2 Å². The van der Waals surface area contributed by atoms with Gasteiger partial charge in [-0.2, -0.15) is 5.26 Å². The summed E-state index contributed by atoms with van der Waals surface area (Å²) in [4.78, 5) is 0. The Labute approximate surface area is 206 Å². The monoisotopic (exact) mass is 471 g/mol. The van der Waals surface area contributed by atoms with Gasteiger partial charge in [-0.3, -0.25) is 0 Å². The summed E-state index contributed by atoms with van der Waals surface area (Å²) in [5.74, 6) is 3.08. The number of rotatable bonds is 5. The van der Waals surface area contributed by atoms with Crippen LogP contribution in [0.25, 0.3) is 0 Å². The Hall–Kier alpha value is -0.670. The van der Waals surface area contributed by atoms with Crippen molar-refractivity contribution in [3.05, 3.63) is 0 Å². The minimum Gasteiger partial charge on any atom is -0.400 e. The quantitative estimate of drug-likeness (QED) is 0.428. The van der Waals surface area contributed by atoms with E-state index in [1.807, 2.05) is 34.6 Å². The van der Waals surface area contributed by atoms with Gasteiger partial charge in [-0.15, -0.1) is 0 Å². The van der Waals surface area contributed by atoms with E-state index in [-0.39, 0.29) is 12.2 Å². The number of hydrogen-bond acceptors (Lipinski definition) is 5. The van der Waals surface area contributed by atoms with E-state index >= 15 is 0 Å². The van der Waals surface area contributed by atoms with Crippen LogP contribution in [-0.2, 0) is 14.2 Å². The second-order valence-electron chi connectivity index (χ2n) is 9.08. The Morgan fingerprint density at radius 1 is 0.970 bits per heavy atom. The van der Waals surface area contributed by atoms with Crippen molar-refractivity contribution in [1.29, 1.82) is 5.26 Å². The highest BCUT2D eigenvalue weighted by Crippen LogP contribution is 2.50. The van der Waals surface area contributed by atoms with Gasteiger partial charge in [0.05, 0.1) is 18.3 Å². The van der Waals surface area contributed by atoms with Crippen molar-refractivity contribution in [3.8, 4) is 6.07 Å². The molecule has 5 nitrogen and oxygen atoms in total. The fourth-order valence-corrected chi connectivity index (χ4v) is 5.45. The molecule has 0 aromatic carbocycles. The van der Waals surface area contributed by atoms with Gasteiger partial charge in [-0.05, 0) is 70.1 Å². The van der Waals surface area contributed by atoms with Crippen LogP contribution in [0, 0.1) is 40.9 Å². The number of unbranched alkanes of at least 4 members (excludes halogenated alkanes) is 1. The Morgan fingerprint density at radius 3 is 2.15 bits per heavy atom. The van der Waals surface area contributed by atoms with Crippen LogP contribution in [0.15, 0.2) is 0 Å². The van der Waals surface area contributed by atoms with E-state index in [1.54, 1.807) is 14.2 Å². The van der Waals surface area contributed by atoms with Crippen LogP contribution in [0.4, 0.5) is 0 Å². The minimum absolute atomic E-state index is 0.0389. The molecule has 3 rings (SSSR count). The van der Waals surface area contributed by atoms with Gasteiger partial charge in [0.25, 0.3) is 0 Å². The topological polar surface area (TPSA) is 71.7 Å². The lowest BCUT2D eigenvalue weighted by atomic mass is 9.63. The summed E-state index contributed by atoms with van der Waals surface area (Å²) >= 11 is 0. The van der Waals surface area contributed by atoms with Gasteiger partial charge >= 0.3 is 0 Å². The molecule has 1 saturated carbocycles. The van der Waals surface area contributed by atoms with Crippen molar-refractivity contribution >= 4 is 0 Å². The minimum atomic E-state index is 0.0389. The molecule has 2 saturated heterocycles. The van der Waals surface area contributed by atoms with E-state index in [2.05, 4.69) is 24.7 Å². The highest BCUT2D eigenvalue weighted by molar-refractivity contribution is 4.94. The zero-order chi connectivity index (χ0) is 25.8. The Kier molecular flexibility index (Phi) is 22.8. The average Bonchev–Trinajstić information content (AvgIpc) is 3.02. The maximum absolute atomic E-state index is 8.91. The standard InChI is InChI=1S/C21H35NO2.C2H6O.2C2H6.CH4O/c1-14(13-22)7-4-5-10-19-16(3)18-9-6-8-17-12-11-15(2)23-21(24-19)20(17)18;1-3-2;3*1-2/h14-21H,4-12H2,1-3H3;1-2H3;2*1-2H3;2H,1H3. The summed E-state index contributed by atoms with van der Waals surface area (Å²) in [5, 5.41) is 15.9. The van der Waals surface area contributed by atoms with Crippen molar-refractivity contribution < 1.29 is 19.3 Å². The molecule has 198 valence electrons. The van der Waals surface area contributed by atoms with E-state index in [1.165, 1.54) is 38.5 Å². The average molecular weight is 472 g/mol. The molecule has 0 radical (unpaired) electrons. The van der Waals surface area contributed by atoms with Gasteiger partial charge in [0, 0.05) is 33.2 Å². The lowest BCUT2D eigenvalue weighted by Gasteiger charge is -2.50. The zero-order valence-corrected chi connectivity index (χ0v) is 23.6. The summed E-state index contributed by atoms with van der Waals surface area (Å²) in [6.45, 7) is 14.7.